The second kappa shape index (κ2) is 9.32. The van der Waals surface area contributed by atoms with Gasteiger partial charge in [0.1, 0.15) is 0 Å². The minimum atomic E-state index is 0.0613. The fourth-order valence-electron chi connectivity index (χ4n) is 2.81. The summed E-state index contributed by atoms with van der Waals surface area (Å²) >= 11 is 0. The lowest BCUT2D eigenvalue weighted by Gasteiger charge is -2.30. The molecule has 0 aromatic rings. The molecule has 0 bridgehead atoms. The lowest BCUT2D eigenvalue weighted by Crippen LogP contribution is -2.41. The van der Waals surface area contributed by atoms with E-state index >= 15 is 0 Å². The lowest BCUT2D eigenvalue weighted by molar-refractivity contribution is -0.137. The van der Waals surface area contributed by atoms with E-state index < -0.39 is 0 Å². The first kappa shape index (κ1) is 16.4. The molecule has 0 aliphatic heterocycles. The lowest BCUT2D eigenvalue weighted by atomic mass is 9.85. The molecule has 0 radical (unpaired) electrons. The normalized spacial score (nSPS) is 23.3. The van der Waals surface area contributed by atoms with Gasteiger partial charge in [0, 0.05) is 25.0 Å². The third kappa shape index (κ3) is 5.91. The van der Waals surface area contributed by atoms with E-state index in [1.165, 1.54) is 19.3 Å². The number of rotatable bonds is 8. The highest BCUT2D eigenvalue weighted by atomic mass is 16.3. The molecule has 0 atom stereocenters. The molecule has 4 nitrogen and oxygen atoms in total. The molecule has 4 heteroatoms. The molecule has 0 spiro atoms. The van der Waals surface area contributed by atoms with Crippen LogP contribution in [0.15, 0.2) is 0 Å². The molecular weight excluding hydrogens is 240 g/mol. The first-order valence-electron chi connectivity index (χ1n) is 7.84. The van der Waals surface area contributed by atoms with Crippen LogP contribution in [0.1, 0.15) is 58.3 Å². The van der Waals surface area contributed by atoms with E-state index in [4.69, 9.17) is 10.8 Å². The maximum absolute atomic E-state index is 12.4. The molecule has 0 heterocycles. The SMILES string of the molecule is CCCCCCN(CCO)C(=O)C1CCC(N)CC1. The molecule has 3 N–H and O–H groups in total. The average molecular weight is 270 g/mol. The molecular formula is C15H30N2O2. The number of carbonyl (C=O) groups excluding carboxylic acids is 1. The second-order valence-electron chi connectivity index (χ2n) is 5.72. The van der Waals surface area contributed by atoms with Crippen LogP contribution in [0.5, 0.6) is 0 Å². The Morgan fingerprint density at radius 2 is 1.84 bits per heavy atom. The van der Waals surface area contributed by atoms with Gasteiger partial charge in [0.25, 0.3) is 0 Å². The Morgan fingerprint density at radius 1 is 1.16 bits per heavy atom. The predicted octanol–water partition coefficient (Wildman–Crippen LogP) is 1.91. The fourth-order valence-corrected chi connectivity index (χ4v) is 2.81. The van der Waals surface area contributed by atoms with Crippen LogP contribution < -0.4 is 5.73 Å². The van der Waals surface area contributed by atoms with Gasteiger partial charge in [0.2, 0.25) is 5.91 Å². The molecule has 0 aromatic carbocycles. The van der Waals surface area contributed by atoms with Gasteiger partial charge < -0.3 is 15.7 Å². The van der Waals surface area contributed by atoms with Gasteiger partial charge in [-0.2, -0.15) is 0 Å². The standard InChI is InChI=1S/C15H30N2O2/c1-2-3-4-5-10-17(11-12-18)15(19)13-6-8-14(16)9-7-13/h13-14,18H,2-12,16H2,1H3. The van der Waals surface area contributed by atoms with E-state index in [2.05, 4.69) is 6.92 Å². The van der Waals surface area contributed by atoms with Gasteiger partial charge in [0.05, 0.1) is 6.61 Å². The second-order valence-corrected chi connectivity index (χ2v) is 5.72. The first-order valence-corrected chi connectivity index (χ1v) is 7.84. The zero-order valence-electron chi connectivity index (χ0n) is 12.3. The molecule has 1 fully saturated rings. The maximum Gasteiger partial charge on any atom is 0.225 e. The van der Waals surface area contributed by atoms with Crippen molar-refractivity contribution in [1.82, 2.24) is 4.90 Å². The average Bonchev–Trinajstić information content (AvgIpc) is 2.42. The monoisotopic (exact) mass is 270 g/mol. The molecule has 0 saturated heterocycles. The van der Waals surface area contributed by atoms with Gasteiger partial charge in [0.15, 0.2) is 0 Å². The van der Waals surface area contributed by atoms with Crippen molar-refractivity contribution in [3.05, 3.63) is 0 Å². The van der Waals surface area contributed by atoms with Crippen molar-refractivity contribution in [2.75, 3.05) is 19.7 Å². The zero-order chi connectivity index (χ0) is 14.1. The summed E-state index contributed by atoms with van der Waals surface area (Å²) in [5.74, 6) is 0.370. The van der Waals surface area contributed by atoms with Gasteiger partial charge in [-0.05, 0) is 32.1 Å². The van der Waals surface area contributed by atoms with Gasteiger partial charge >= 0.3 is 0 Å². The Morgan fingerprint density at radius 3 is 2.42 bits per heavy atom. The van der Waals surface area contributed by atoms with Crippen LogP contribution in [-0.4, -0.2) is 41.7 Å². The van der Waals surface area contributed by atoms with Crippen LogP contribution >= 0.6 is 0 Å². The molecule has 1 amide bonds. The number of unbranched alkanes of at least 4 members (excludes halogenated alkanes) is 3. The Labute approximate surface area is 117 Å². The van der Waals surface area contributed by atoms with Crippen LogP contribution in [0, 0.1) is 5.92 Å². The highest BCUT2D eigenvalue weighted by molar-refractivity contribution is 5.78. The van der Waals surface area contributed by atoms with Crippen molar-refractivity contribution >= 4 is 5.91 Å². The number of nitrogens with two attached hydrogens (primary N) is 1. The topological polar surface area (TPSA) is 66.6 Å². The number of hydrogen-bond donors (Lipinski definition) is 2. The van der Waals surface area contributed by atoms with E-state index in [-0.39, 0.29) is 24.5 Å². The number of carbonyl (C=O) groups is 1. The third-order valence-corrected chi connectivity index (χ3v) is 4.08. The summed E-state index contributed by atoms with van der Waals surface area (Å²) in [6.45, 7) is 3.52. The Hall–Kier alpha value is -0.610. The number of nitrogens with zero attached hydrogens (tertiary/aromatic N) is 1. The zero-order valence-corrected chi connectivity index (χ0v) is 12.3. The minimum Gasteiger partial charge on any atom is -0.395 e. The highest BCUT2D eigenvalue weighted by Gasteiger charge is 2.27. The third-order valence-electron chi connectivity index (χ3n) is 4.08. The largest absolute Gasteiger partial charge is 0.395 e. The summed E-state index contributed by atoms with van der Waals surface area (Å²) in [7, 11) is 0. The van der Waals surface area contributed by atoms with Crippen LogP contribution in [0.4, 0.5) is 0 Å². The van der Waals surface area contributed by atoms with Crippen molar-refractivity contribution in [2.45, 2.75) is 64.3 Å². The van der Waals surface area contributed by atoms with Gasteiger partial charge in [-0.3, -0.25) is 4.79 Å². The van der Waals surface area contributed by atoms with Crippen LogP contribution in [-0.2, 0) is 4.79 Å². The van der Waals surface area contributed by atoms with E-state index in [0.717, 1.165) is 38.6 Å². The summed E-state index contributed by atoms with van der Waals surface area (Å²) in [6, 6.07) is 0.278. The summed E-state index contributed by atoms with van der Waals surface area (Å²) in [5, 5.41) is 9.11. The number of amides is 1. The molecule has 1 aliphatic carbocycles. The fraction of sp³-hybridized carbons (Fsp3) is 0.933. The van der Waals surface area contributed by atoms with Crippen molar-refractivity contribution < 1.29 is 9.90 Å². The van der Waals surface area contributed by atoms with Crippen molar-refractivity contribution in [1.29, 1.82) is 0 Å². The molecule has 1 saturated carbocycles. The minimum absolute atomic E-state index is 0.0613. The van der Waals surface area contributed by atoms with Crippen molar-refractivity contribution in [3.8, 4) is 0 Å². The predicted molar refractivity (Wildman–Crippen MR) is 77.7 cm³/mol. The van der Waals surface area contributed by atoms with E-state index in [0.29, 0.717) is 6.54 Å². The smallest absolute Gasteiger partial charge is 0.225 e. The van der Waals surface area contributed by atoms with Crippen molar-refractivity contribution in [2.24, 2.45) is 11.7 Å². The molecule has 1 rings (SSSR count). The Balaban J connectivity index is 2.38. The van der Waals surface area contributed by atoms with Gasteiger partial charge in [-0.15, -0.1) is 0 Å². The van der Waals surface area contributed by atoms with Gasteiger partial charge in [-0.25, -0.2) is 0 Å². The molecule has 0 aromatic heterocycles. The Kier molecular flexibility index (Phi) is 8.07. The summed E-state index contributed by atoms with van der Waals surface area (Å²) in [5.41, 5.74) is 5.88. The molecule has 0 unspecified atom stereocenters. The van der Waals surface area contributed by atoms with Crippen molar-refractivity contribution in [3.63, 3.8) is 0 Å². The van der Waals surface area contributed by atoms with Crippen LogP contribution in [0.25, 0.3) is 0 Å². The number of aliphatic hydroxyl groups is 1. The summed E-state index contributed by atoms with van der Waals surface area (Å²) < 4.78 is 0. The van der Waals surface area contributed by atoms with E-state index in [1.54, 1.807) is 0 Å². The van der Waals surface area contributed by atoms with Gasteiger partial charge in [-0.1, -0.05) is 26.2 Å². The number of aliphatic hydroxyl groups excluding tert-OH is 1. The molecule has 112 valence electrons. The number of hydrogen-bond acceptors (Lipinski definition) is 3. The molecule has 1 aliphatic rings. The summed E-state index contributed by atoms with van der Waals surface area (Å²) in [4.78, 5) is 14.3. The Bertz CT molecular complexity index is 251. The van der Waals surface area contributed by atoms with Crippen LogP contribution in [0.2, 0.25) is 0 Å². The van der Waals surface area contributed by atoms with E-state index in [9.17, 15) is 4.79 Å². The molecule has 19 heavy (non-hydrogen) atoms. The quantitative estimate of drug-likeness (QED) is 0.662. The van der Waals surface area contributed by atoms with E-state index in [1.807, 2.05) is 4.90 Å². The first-order chi connectivity index (χ1) is 9.19. The van der Waals surface area contributed by atoms with Crippen LogP contribution in [0.3, 0.4) is 0 Å². The highest BCUT2D eigenvalue weighted by Crippen LogP contribution is 2.25. The summed E-state index contributed by atoms with van der Waals surface area (Å²) in [6.07, 6.45) is 8.38. The maximum atomic E-state index is 12.4.